The Balaban J connectivity index is 2.04. The summed E-state index contributed by atoms with van der Waals surface area (Å²) in [4.78, 5) is 12.2. The Labute approximate surface area is 153 Å². The molecule has 0 fully saturated rings. The quantitative estimate of drug-likeness (QED) is 0.693. The molecular formula is C18H17ClF4N2O. The SMILES string of the molecule is C[C@H](N[C@@H](C)c1cccc(C(F)(F)F)c1)C(=O)Nc1ccc(F)cc1Cl. The number of amides is 1. The fraction of sp³-hybridized carbons (Fsp3) is 0.278. The van der Waals surface area contributed by atoms with Crippen LogP contribution in [0.15, 0.2) is 42.5 Å². The summed E-state index contributed by atoms with van der Waals surface area (Å²) in [6.45, 7) is 3.22. The Kier molecular flexibility index (Phi) is 6.26. The van der Waals surface area contributed by atoms with Crippen molar-refractivity contribution >= 4 is 23.2 Å². The number of carbonyl (C=O) groups excluding carboxylic acids is 1. The zero-order valence-corrected chi connectivity index (χ0v) is 14.8. The van der Waals surface area contributed by atoms with Gasteiger partial charge in [0.1, 0.15) is 5.82 Å². The van der Waals surface area contributed by atoms with E-state index in [2.05, 4.69) is 10.6 Å². The van der Waals surface area contributed by atoms with E-state index < -0.39 is 35.5 Å². The number of alkyl halides is 3. The third-order valence-electron chi connectivity index (χ3n) is 3.80. The van der Waals surface area contributed by atoms with Crippen LogP contribution in [0, 0.1) is 5.82 Å². The maximum Gasteiger partial charge on any atom is 0.416 e. The molecule has 0 aliphatic rings. The average Bonchev–Trinajstić information content (AvgIpc) is 2.56. The molecule has 0 aliphatic heterocycles. The fourth-order valence-electron chi connectivity index (χ4n) is 2.36. The second-order valence-electron chi connectivity index (χ2n) is 5.85. The lowest BCUT2D eigenvalue weighted by molar-refractivity contribution is -0.137. The van der Waals surface area contributed by atoms with Crippen molar-refractivity contribution in [3.63, 3.8) is 0 Å². The molecule has 2 aromatic carbocycles. The van der Waals surface area contributed by atoms with Gasteiger partial charge in [-0.15, -0.1) is 0 Å². The van der Waals surface area contributed by atoms with Crippen LogP contribution in [0.2, 0.25) is 5.02 Å². The number of hydrogen-bond donors (Lipinski definition) is 2. The van der Waals surface area contributed by atoms with Crippen LogP contribution >= 0.6 is 11.6 Å². The van der Waals surface area contributed by atoms with E-state index in [1.54, 1.807) is 19.9 Å². The van der Waals surface area contributed by atoms with E-state index in [1.165, 1.54) is 12.1 Å². The highest BCUT2D eigenvalue weighted by Gasteiger charge is 2.30. The van der Waals surface area contributed by atoms with E-state index in [0.717, 1.165) is 24.3 Å². The first-order valence-corrected chi connectivity index (χ1v) is 8.15. The standard InChI is InChI=1S/C18H17ClF4N2O/c1-10(12-4-3-5-13(8-12)18(21,22)23)24-11(2)17(26)25-16-7-6-14(20)9-15(16)19/h3-11,24H,1-2H3,(H,25,26)/t10-,11-/m0/s1. The second kappa shape index (κ2) is 8.05. The maximum atomic E-state index is 13.0. The minimum Gasteiger partial charge on any atom is -0.323 e. The van der Waals surface area contributed by atoms with Crippen molar-refractivity contribution in [3.05, 3.63) is 64.4 Å². The van der Waals surface area contributed by atoms with Crippen molar-refractivity contribution in [2.45, 2.75) is 32.1 Å². The monoisotopic (exact) mass is 388 g/mol. The number of halogens is 5. The summed E-state index contributed by atoms with van der Waals surface area (Å²) in [6, 6.07) is 7.24. The third kappa shape index (κ3) is 5.19. The smallest absolute Gasteiger partial charge is 0.323 e. The number of nitrogens with one attached hydrogen (secondary N) is 2. The van der Waals surface area contributed by atoms with Crippen LogP contribution in [0.3, 0.4) is 0 Å². The van der Waals surface area contributed by atoms with Crippen LogP contribution in [0.25, 0.3) is 0 Å². The summed E-state index contributed by atoms with van der Waals surface area (Å²) < 4.78 is 51.5. The highest BCUT2D eigenvalue weighted by atomic mass is 35.5. The van der Waals surface area contributed by atoms with Gasteiger partial charge in [0, 0.05) is 6.04 Å². The highest BCUT2D eigenvalue weighted by Crippen LogP contribution is 2.30. The lowest BCUT2D eigenvalue weighted by Crippen LogP contribution is -2.39. The Morgan fingerprint density at radius 1 is 1.12 bits per heavy atom. The van der Waals surface area contributed by atoms with E-state index in [1.807, 2.05) is 0 Å². The molecule has 140 valence electrons. The Morgan fingerprint density at radius 2 is 1.81 bits per heavy atom. The van der Waals surface area contributed by atoms with Crippen LogP contribution in [0.4, 0.5) is 23.2 Å². The summed E-state index contributed by atoms with van der Waals surface area (Å²) in [6.07, 6.45) is -4.43. The molecule has 2 rings (SSSR count). The molecule has 1 amide bonds. The van der Waals surface area contributed by atoms with E-state index in [4.69, 9.17) is 11.6 Å². The van der Waals surface area contributed by atoms with Crippen molar-refractivity contribution in [2.24, 2.45) is 0 Å². The number of carbonyl (C=O) groups is 1. The van der Waals surface area contributed by atoms with Crippen LogP contribution in [-0.2, 0) is 11.0 Å². The maximum absolute atomic E-state index is 13.0. The van der Waals surface area contributed by atoms with Gasteiger partial charge < -0.3 is 5.32 Å². The third-order valence-corrected chi connectivity index (χ3v) is 4.11. The first-order chi connectivity index (χ1) is 12.1. The van der Waals surface area contributed by atoms with Gasteiger partial charge in [-0.25, -0.2) is 4.39 Å². The molecule has 0 spiro atoms. The van der Waals surface area contributed by atoms with Crippen molar-refractivity contribution in [3.8, 4) is 0 Å². The first kappa shape index (κ1) is 20.2. The van der Waals surface area contributed by atoms with Gasteiger partial charge in [0.15, 0.2) is 0 Å². The van der Waals surface area contributed by atoms with Gasteiger partial charge in [-0.05, 0) is 49.7 Å². The molecule has 0 radical (unpaired) electrons. The van der Waals surface area contributed by atoms with Gasteiger partial charge in [-0.2, -0.15) is 13.2 Å². The summed E-state index contributed by atoms with van der Waals surface area (Å²) in [5.74, 6) is -0.977. The molecule has 2 aromatic rings. The molecule has 0 aromatic heterocycles. The molecule has 0 bridgehead atoms. The first-order valence-electron chi connectivity index (χ1n) is 7.77. The summed E-state index contributed by atoms with van der Waals surface area (Å²) in [7, 11) is 0. The lowest BCUT2D eigenvalue weighted by atomic mass is 10.0. The summed E-state index contributed by atoms with van der Waals surface area (Å²) in [5, 5.41) is 5.53. The normalized spacial score (nSPS) is 14.0. The predicted molar refractivity (Wildman–Crippen MR) is 92.5 cm³/mol. The van der Waals surface area contributed by atoms with Gasteiger partial charge in [0.05, 0.1) is 22.3 Å². The zero-order valence-electron chi connectivity index (χ0n) is 14.0. The molecular weight excluding hydrogens is 372 g/mol. The molecule has 2 N–H and O–H groups in total. The van der Waals surface area contributed by atoms with E-state index in [-0.39, 0.29) is 10.7 Å². The Bertz CT molecular complexity index is 795. The summed E-state index contributed by atoms with van der Waals surface area (Å²) >= 11 is 5.86. The van der Waals surface area contributed by atoms with Gasteiger partial charge in [0.25, 0.3) is 0 Å². The number of benzene rings is 2. The average molecular weight is 389 g/mol. The van der Waals surface area contributed by atoms with Crippen LogP contribution in [0.1, 0.15) is 31.0 Å². The topological polar surface area (TPSA) is 41.1 Å². The molecule has 0 unspecified atom stereocenters. The van der Waals surface area contributed by atoms with Gasteiger partial charge in [0.2, 0.25) is 5.91 Å². The Hall–Kier alpha value is -2.12. The molecule has 0 aliphatic carbocycles. The zero-order chi connectivity index (χ0) is 19.5. The largest absolute Gasteiger partial charge is 0.416 e. The number of rotatable bonds is 5. The van der Waals surface area contributed by atoms with Crippen molar-refractivity contribution < 1.29 is 22.4 Å². The molecule has 26 heavy (non-hydrogen) atoms. The highest BCUT2D eigenvalue weighted by molar-refractivity contribution is 6.33. The molecule has 0 heterocycles. The van der Waals surface area contributed by atoms with Crippen LogP contribution < -0.4 is 10.6 Å². The van der Waals surface area contributed by atoms with Crippen molar-refractivity contribution in [2.75, 3.05) is 5.32 Å². The molecule has 0 saturated carbocycles. The van der Waals surface area contributed by atoms with Crippen molar-refractivity contribution in [1.29, 1.82) is 0 Å². The molecule has 0 saturated heterocycles. The molecule has 2 atom stereocenters. The number of anilines is 1. The minimum atomic E-state index is -4.43. The lowest BCUT2D eigenvalue weighted by Gasteiger charge is -2.21. The predicted octanol–water partition coefficient (Wildman–Crippen LogP) is 5.18. The van der Waals surface area contributed by atoms with Gasteiger partial charge in [-0.3, -0.25) is 10.1 Å². The summed E-state index contributed by atoms with van der Waals surface area (Å²) in [5.41, 5.74) is -0.100. The second-order valence-corrected chi connectivity index (χ2v) is 6.25. The number of hydrogen-bond acceptors (Lipinski definition) is 2. The fourth-order valence-corrected chi connectivity index (χ4v) is 2.58. The van der Waals surface area contributed by atoms with E-state index >= 15 is 0 Å². The van der Waals surface area contributed by atoms with Crippen LogP contribution in [0.5, 0.6) is 0 Å². The van der Waals surface area contributed by atoms with Crippen molar-refractivity contribution in [1.82, 2.24) is 5.32 Å². The van der Waals surface area contributed by atoms with E-state index in [0.29, 0.717) is 5.56 Å². The minimum absolute atomic E-state index is 0.0523. The molecule has 8 heteroatoms. The Morgan fingerprint density at radius 3 is 2.42 bits per heavy atom. The van der Waals surface area contributed by atoms with Gasteiger partial charge in [-0.1, -0.05) is 23.7 Å². The van der Waals surface area contributed by atoms with Gasteiger partial charge >= 0.3 is 6.18 Å². The molecule has 3 nitrogen and oxygen atoms in total. The van der Waals surface area contributed by atoms with E-state index in [9.17, 15) is 22.4 Å². The van der Waals surface area contributed by atoms with Crippen LogP contribution in [-0.4, -0.2) is 11.9 Å².